The third-order valence-corrected chi connectivity index (χ3v) is 5.67. The molecule has 1 aromatic carbocycles. The van der Waals surface area contributed by atoms with Crippen LogP contribution in [-0.2, 0) is 0 Å². The number of allylic oxidation sites excluding steroid dienone is 3. The molecular formula is C24H36N6O. The summed E-state index contributed by atoms with van der Waals surface area (Å²) in [4.78, 5) is 1.96. The standard InChI is InChI=1S/C24H36N6O/c1-15(26)19(14-25)16-7-8-18(21(31)11-16)20(27)9-10-22(28)30(6)17-12-23(2,3)29-24(4,5)13-17/h7-11,14,17,25,27-29,31H,12-13,26H2,1-6H3/b10-9-,19-15+,25-14?,27-20?,28-22?. The molecule has 0 saturated carbocycles. The van der Waals surface area contributed by atoms with E-state index in [0.29, 0.717) is 28.2 Å². The normalized spacial score (nSPS) is 19.0. The van der Waals surface area contributed by atoms with Crippen molar-refractivity contribution in [3.8, 4) is 5.75 Å². The summed E-state index contributed by atoms with van der Waals surface area (Å²) in [6, 6.07) is 5.08. The molecule has 1 heterocycles. The summed E-state index contributed by atoms with van der Waals surface area (Å²) in [5, 5.41) is 38.4. The fourth-order valence-electron chi connectivity index (χ4n) is 4.46. The van der Waals surface area contributed by atoms with Crippen molar-refractivity contribution in [2.45, 2.75) is 64.6 Å². The smallest absolute Gasteiger partial charge is 0.125 e. The molecule has 0 atom stereocenters. The zero-order valence-electron chi connectivity index (χ0n) is 19.4. The van der Waals surface area contributed by atoms with Crippen molar-refractivity contribution in [2.24, 2.45) is 5.73 Å². The lowest BCUT2D eigenvalue weighted by atomic mass is 9.79. The van der Waals surface area contributed by atoms with E-state index in [0.717, 1.165) is 19.1 Å². The van der Waals surface area contributed by atoms with Gasteiger partial charge < -0.3 is 31.9 Å². The Morgan fingerprint density at radius 1 is 1.16 bits per heavy atom. The third-order valence-electron chi connectivity index (χ3n) is 5.67. The largest absolute Gasteiger partial charge is 0.507 e. The molecule has 0 spiro atoms. The van der Waals surface area contributed by atoms with Crippen molar-refractivity contribution < 1.29 is 5.11 Å². The van der Waals surface area contributed by atoms with Gasteiger partial charge in [0.2, 0.25) is 0 Å². The quantitative estimate of drug-likeness (QED) is 0.305. The maximum atomic E-state index is 10.4. The van der Waals surface area contributed by atoms with Crippen molar-refractivity contribution in [3.05, 3.63) is 47.2 Å². The van der Waals surface area contributed by atoms with Gasteiger partial charge in [0, 0.05) is 47.2 Å². The highest BCUT2D eigenvalue weighted by Gasteiger charge is 2.39. The monoisotopic (exact) mass is 424 g/mol. The van der Waals surface area contributed by atoms with E-state index in [1.54, 1.807) is 25.1 Å². The average molecular weight is 425 g/mol. The number of phenols is 1. The summed E-state index contributed by atoms with van der Waals surface area (Å²) >= 11 is 0. The SMILES string of the molecule is C/C(N)=C(/C=N)c1ccc(C(=N)/C=C\C(=N)N(C)C2CC(C)(C)NC(C)(C)C2)c(O)c1. The number of nitrogens with two attached hydrogens (primary N) is 1. The van der Waals surface area contributed by atoms with Gasteiger partial charge in [-0.25, -0.2) is 0 Å². The molecule has 0 amide bonds. The minimum atomic E-state index is -0.0607. The lowest BCUT2D eigenvalue weighted by Crippen LogP contribution is -2.62. The van der Waals surface area contributed by atoms with Crippen LogP contribution in [0.3, 0.4) is 0 Å². The molecule has 1 saturated heterocycles. The van der Waals surface area contributed by atoms with Crippen LogP contribution in [-0.4, -0.2) is 51.9 Å². The molecule has 1 aliphatic rings. The Labute approximate surface area is 185 Å². The highest BCUT2D eigenvalue weighted by Crippen LogP contribution is 2.31. The first-order valence-corrected chi connectivity index (χ1v) is 10.4. The summed E-state index contributed by atoms with van der Waals surface area (Å²) < 4.78 is 0. The number of aromatic hydroxyl groups is 1. The van der Waals surface area contributed by atoms with Crippen LogP contribution in [0.25, 0.3) is 5.57 Å². The fourth-order valence-corrected chi connectivity index (χ4v) is 4.46. The van der Waals surface area contributed by atoms with Gasteiger partial charge in [-0.1, -0.05) is 6.07 Å². The zero-order valence-corrected chi connectivity index (χ0v) is 19.4. The molecule has 0 unspecified atom stereocenters. The van der Waals surface area contributed by atoms with E-state index < -0.39 is 0 Å². The predicted octanol–water partition coefficient (Wildman–Crippen LogP) is 3.87. The Bertz CT molecular complexity index is 921. The molecule has 168 valence electrons. The second kappa shape index (κ2) is 9.06. The van der Waals surface area contributed by atoms with Gasteiger partial charge in [0.15, 0.2) is 0 Å². The minimum absolute atomic E-state index is 0.0173. The Morgan fingerprint density at radius 3 is 2.23 bits per heavy atom. The molecule has 1 aromatic rings. The first kappa shape index (κ1) is 24.3. The maximum absolute atomic E-state index is 10.4. The summed E-state index contributed by atoms with van der Waals surface area (Å²) in [5.41, 5.74) is 7.86. The number of hydrogen-bond donors (Lipinski definition) is 6. The molecule has 0 aromatic heterocycles. The van der Waals surface area contributed by atoms with E-state index in [1.807, 2.05) is 11.9 Å². The second-order valence-corrected chi connectivity index (χ2v) is 9.67. The van der Waals surface area contributed by atoms with Crippen LogP contribution in [0.2, 0.25) is 0 Å². The summed E-state index contributed by atoms with van der Waals surface area (Å²) in [7, 11) is 1.92. The molecule has 31 heavy (non-hydrogen) atoms. The molecule has 7 heteroatoms. The van der Waals surface area contributed by atoms with Crippen LogP contribution < -0.4 is 11.1 Å². The fraction of sp³-hybridized carbons (Fsp3) is 0.458. The van der Waals surface area contributed by atoms with Crippen molar-refractivity contribution in [1.29, 1.82) is 16.2 Å². The Kier molecular flexibility index (Phi) is 7.11. The Morgan fingerprint density at radius 2 is 1.74 bits per heavy atom. The lowest BCUT2D eigenvalue weighted by Gasteiger charge is -2.49. The second-order valence-electron chi connectivity index (χ2n) is 9.67. The van der Waals surface area contributed by atoms with Crippen molar-refractivity contribution in [2.75, 3.05) is 7.05 Å². The average Bonchev–Trinajstić information content (AvgIpc) is 2.63. The summed E-state index contributed by atoms with van der Waals surface area (Å²) in [6.07, 6.45) is 6.13. The molecular weight excluding hydrogens is 388 g/mol. The first-order chi connectivity index (χ1) is 14.3. The molecule has 1 fully saturated rings. The molecule has 0 aliphatic carbocycles. The van der Waals surface area contributed by atoms with Gasteiger partial charge in [0.1, 0.15) is 11.6 Å². The van der Waals surface area contributed by atoms with Gasteiger partial charge in [0.25, 0.3) is 0 Å². The van der Waals surface area contributed by atoms with E-state index in [-0.39, 0.29) is 28.6 Å². The van der Waals surface area contributed by atoms with Crippen molar-refractivity contribution in [3.63, 3.8) is 0 Å². The highest BCUT2D eigenvalue weighted by atomic mass is 16.3. The Hall–Kier alpha value is -2.93. The number of phenolic OH excluding ortho intramolecular Hbond substituents is 1. The van der Waals surface area contributed by atoms with Crippen LogP contribution in [0, 0.1) is 16.2 Å². The van der Waals surface area contributed by atoms with Gasteiger partial charge in [-0.3, -0.25) is 5.41 Å². The van der Waals surface area contributed by atoms with Crippen LogP contribution in [0.4, 0.5) is 0 Å². The molecule has 0 radical (unpaired) electrons. The van der Waals surface area contributed by atoms with Gasteiger partial charge in [0.05, 0.1) is 5.71 Å². The number of hydrogen-bond acceptors (Lipinski definition) is 6. The number of nitrogens with zero attached hydrogens (tertiary/aromatic N) is 1. The van der Waals surface area contributed by atoms with E-state index in [4.69, 9.17) is 22.0 Å². The van der Waals surface area contributed by atoms with Crippen molar-refractivity contribution in [1.82, 2.24) is 10.2 Å². The lowest BCUT2D eigenvalue weighted by molar-refractivity contribution is 0.114. The number of amidine groups is 1. The molecule has 7 N–H and O–H groups in total. The number of nitrogens with one attached hydrogen (secondary N) is 4. The van der Waals surface area contributed by atoms with Gasteiger partial charge in [-0.2, -0.15) is 0 Å². The van der Waals surface area contributed by atoms with Crippen LogP contribution in [0.5, 0.6) is 5.75 Å². The molecule has 1 aliphatic heterocycles. The number of piperidine rings is 1. The molecule has 2 rings (SSSR count). The van der Waals surface area contributed by atoms with Crippen LogP contribution in [0.15, 0.2) is 36.0 Å². The molecule has 7 nitrogen and oxygen atoms in total. The highest BCUT2D eigenvalue weighted by molar-refractivity contribution is 6.13. The van der Waals surface area contributed by atoms with E-state index in [9.17, 15) is 5.11 Å². The minimum Gasteiger partial charge on any atom is -0.507 e. The Balaban J connectivity index is 2.15. The van der Waals surface area contributed by atoms with E-state index in [2.05, 4.69) is 33.0 Å². The van der Waals surface area contributed by atoms with E-state index in [1.165, 1.54) is 12.1 Å². The number of rotatable bonds is 6. The third kappa shape index (κ3) is 6.04. The van der Waals surface area contributed by atoms with Crippen LogP contribution >= 0.6 is 0 Å². The number of likely N-dealkylation sites (N-methyl/N-ethyl adjacent to an activating group) is 1. The van der Waals surface area contributed by atoms with E-state index >= 15 is 0 Å². The van der Waals surface area contributed by atoms with Crippen molar-refractivity contribution >= 4 is 23.3 Å². The molecule has 0 bridgehead atoms. The van der Waals surface area contributed by atoms with Gasteiger partial charge >= 0.3 is 0 Å². The topological polar surface area (TPSA) is 133 Å². The number of benzene rings is 1. The summed E-state index contributed by atoms with van der Waals surface area (Å²) in [6.45, 7) is 10.4. The van der Waals surface area contributed by atoms with Gasteiger partial charge in [-0.15, -0.1) is 0 Å². The predicted molar refractivity (Wildman–Crippen MR) is 129 cm³/mol. The summed E-state index contributed by atoms with van der Waals surface area (Å²) in [5.74, 6) is 0.265. The van der Waals surface area contributed by atoms with Crippen LogP contribution in [0.1, 0.15) is 58.6 Å². The van der Waals surface area contributed by atoms with Gasteiger partial charge in [-0.05, 0) is 77.3 Å². The maximum Gasteiger partial charge on any atom is 0.125 e. The zero-order chi connectivity index (χ0) is 23.6. The first-order valence-electron chi connectivity index (χ1n) is 10.4.